The number of ether oxygens (including phenoxy) is 1. The van der Waals surface area contributed by atoms with Gasteiger partial charge in [-0.3, -0.25) is 4.79 Å². The molecule has 0 aromatic heterocycles. The van der Waals surface area contributed by atoms with E-state index < -0.39 is 11.9 Å². The van der Waals surface area contributed by atoms with Crippen molar-refractivity contribution in [2.24, 2.45) is 0 Å². The van der Waals surface area contributed by atoms with Crippen molar-refractivity contribution in [3.8, 4) is 5.75 Å². The quantitative estimate of drug-likeness (QED) is 0.910. The average molecular weight is 319 g/mol. The maximum absolute atomic E-state index is 14.2. The van der Waals surface area contributed by atoms with E-state index in [2.05, 4.69) is 0 Å². The molecule has 0 saturated carbocycles. The second-order valence-electron chi connectivity index (χ2n) is 6.65. The molecule has 0 radical (unpaired) electrons. The molecule has 122 valence electrons. The molecule has 2 unspecified atom stereocenters. The molecule has 2 bridgehead atoms. The highest BCUT2D eigenvalue weighted by molar-refractivity contribution is 6.00. The number of fused-ring (bicyclic) bond motifs is 3. The van der Waals surface area contributed by atoms with E-state index in [1.54, 1.807) is 0 Å². The summed E-state index contributed by atoms with van der Waals surface area (Å²) in [5.41, 5.74) is 1.31. The van der Waals surface area contributed by atoms with Crippen molar-refractivity contribution >= 4 is 11.9 Å². The molecule has 6 heteroatoms. The molecule has 1 N–H and O–H groups in total. The van der Waals surface area contributed by atoms with Crippen LogP contribution in [0.4, 0.5) is 9.18 Å². The molecule has 1 aromatic rings. The molecule has 5 nitrogen and oxygen atoms in total. The van der Waals surface area contributed by atoms with Gasteiger partial charge in [0.05, 0.1) is 0 Å². The number of hydrogen-bond acceptors (Lipinski definition) is 3. The lowest BCUT2D eigenvalue weighted by atomic mass is 10.00. The Morgan fingerprint density at radius 1 is 1.22 bits per heavy atom. The first-order chi connectivity index (χ1) is 11.0. The van der Waals surface area contributed by atoms with Gasteiger partial charge in [-0.1, -0.05) is 0 Å². The molecule has 2 fully saturated rings. The lowest BCUT2D eigenvalue weighted by Gasteiger charge is -2.37. The molecule has 2 heterocycles. The Bertz CT molecular complexity index is 675. The van der Waals surface area contributed by atoms with Gasteiger partial charge in [0.25, 0.3) is 0 Å². The summed E-state index contributed by atoms with van der Waals surface area (Å²) in [6.07, 6.45) is 2.76. The third-order valence-corrected chi connectivity index (χ3v) is 5.28. The SMILES string of the molecule is O=C1CCc2cc(F)c(OC3CC4CCC(C3)N4C(=O)O)cc21. The van der Waals surface area contributed by atoms with Crippen molar-refractivity contribution in [3.05, 3.63) is 29.1 Å². The number of rotatable bonds is 2. The van der Waals surface area contributed by atoms with Crippen molar-refractivity contribution in [2.45, 2.75) is 56.7 Å². The van der Waals surface area contributed by atoms with Gasteiger partial charge in [-0.05, 0) is 37.0 Å². The van der Waals surface area contributed by atoms with E-state index >= 15 is 0 Å². The summed E-state index contributed by atoms with van der Waals surface area (Å²) in [6.45, 7) is 0. The predicted molar refractivity (Wildman–Crippen MR) is 79.4 cm³/mol. The Hall–Kier alpha value is -2.11. The van der Waals surface area contributed by atoms with Crippen LogP contribution < -0.4 is 4.74 Å². The number of Topliss-reactive ketones (excluding diaryl/α,β-unsaturated/α-hetero) is 1. The number of aryl methyl sites for hydroxylation is 1. The first-order valence-electron chi connectivity index (χ1n) is 8.06. The molecule has 0 spiro atoms. The molecule has 2 aliphatic heterocycles. The van der Waals surface area contributed by atoms with Gasteiger partial charge in [0.15, 0.2) is 17.3 Å². The minimum atomic E-state index is -0.884. The summed E-state index contributed by atoms with van der Waals surface area (Å²) in [5, 5.41) is 9.26. The van der Waals surface area contributed by atoms with Crippen LogP contribution >= 0.6 is 0 Å². The normalized spacial score (nSPS) is 28.8. The third kappa shape index (κ3) is 2.36. The second kappa shape index (κ2) is 5.22. The van der Waals surface area contributed by atoms with E-state index in [1.807, 2.05) is 0 Å². The number of halogens is 1. The van der Waals surface area contributed by atoms with Crippen molar-refractivity contribution < 1.29 is 23.8 Å². The van der Waals surface area contributed by atoms with Crippen LogP contribution in [0.1, 0.15) is 48.0 Å². The number of ketones is 1. The van der Waals surface area contributed by atoms with E-state index in [0.29, 0.717) is 31.2 Å². The van der Waals surface area contributed by atoms with Crippen LogP contribution in [-0.4, -0.2) is 40.1 Å². The Labute approximate surface area is 133 Å². The zero-order valence-corrected chi connectivity index (χ0v) is 12.6. The first-order valence-corrected chi connectivity index (χ1v) is 8.06. The van der Waals surface area contributed by atoms with Gasteiger partial charge >= 0.3 is 6.09 Å². The molecule has 4 rings (SSSR count). The van der Waals surface area contributed by atoms with Gasteiger partial charge in [-0.2, -0.15) is 0 Å². The number of piperidine rings is 1. The minimum absolute atomic E-state index is 0.0330. The number of benzene rings is 1. The molecular weight excluding hydrogens is 301 g/mol. The maximum Gasteiger partial charge on any atom is 0.407 e. The summed E-state index contributed by atoms with van der Waals surface area (Å²) < 4.78 is 20.0. The molecule has 23 heavy (non-hydrogen) atoms. The van der Waals surface area contributed by atoms with Gasteiger partial charge in [0.2, 0.25) is 0 Å². The van der Waals surface area contributed by atoms with Crippen LogP contribution in [0.15, 0.2) is 12.1 Å². The van der Waals surface area contributed by atoms with E-state index in [0.717, 1.165) is 18.4 Å². The fraction of sp³-hybridized carbons (Fsp3) is 0.529. The van der Waals surface area contributed by atoms with E-state index in [4.69, 9.17) is 4.74 Å². The highest BCUT2D eigenvalue weighted by Crippen LogP contribution is 2.38. The fourth-order valence-electron chi connectivity index (χ4n) is 4.25. The first kappa shape index (κ1) is 14.5. The minimum Gasteiger partial charge on any atom is -0.487 e. The molecule has 2 atom stereocenters. The van der Waals surface area contributed by atoms with Crippen LogP contribution in [0.5, 0.6) is 5.75 Å². The van der Waals surface area contributed by atoms with Crippen LogP contribution in [0, 0.1) is 5.82 Å². The summed E-state index contributed by atoms with van der Waals surface area (Å²) in [7, 11) is 0. The molecule has 2 saturated heterocycles. The number of amides is 1. The van der Waals surface area contributed by atoms with Crippen LogP contribution in [0.25, 0.3) is 0 Å². The molecule has 1 amide bonds. The topological polar surface area (TPSA) is 66.8 Å². The van der Waals surface area contributed by atoms with Gasteiger partial charge in [0, 0.05) is 36.9 Å². The number of carboxylic acid groups (broad SMARTS) is 1. The smallest absolute Gasteiger partial charge is 0.407 e. The van der Waals surface area contributed by atoms with E-state index in [9.17, 15) is 19.1 Å². The average Bonchev–Trinajstić information content (AvgIpc) is 2.98. The maximum atomic E-state index is 14.2. The Balaban J connectivity index is 1.53. The van der Waals surface area contributed by atoms with Crippen LogP contribution in [-0.2, 0) is 6.42 Å². The monoisotopic (exact) mass is 319 g/mol. The second-order valence-corrected chi connectivity index (χ2v) is 6.65. The number of nitrogens with zero attached hydrogens (tertiary/aromatic N) is 1. The Kier molecular flexibility index (Phi) is 3.28. The summed E-state index contributed by atoms with van der Waals surface area (Å²) in [4.78, 5) is 24.6. The zero-order chi connectivity index (χ0) is 16.1. The van der Waals surface area contributed by atoms with Crippen LogP contribution in [0.2, 0.25) is 0 Å². The molecule has 3 aliphatic rings. The predicted octanol–water partition coefficient (Wildman–Crippen LogP) is 3.01. The summed E-state index contributed by atoms with van der Waals surface area (Å²) in [5.74, 6) is -0.288. The lowest BCUT2D eigenvalue weighted by molar-refractivity contribution is 0.0478. The largest absolute Gasteiger partial charge is 0.487 e. The van der Waals surface area contributed by atoms with Crippen molar-refractivity contribution in [3.63, 3.8) is 0 Å². The molecule has 1 aromatic carbocycles. The number of carbonyl (C=O) groups excluding carboxylic acids is 1. The number of hydrogen-bond donors (Lipinski definition) is 1. The van der Waals surface area contributed by atoms with Crippen molar-refractivity contribution in [1.29, 1.82) is 0 Å². The Morgan fingerprint density at radius 3 is 2.57 bits per heavy atom. The summed E-state index contributed by atoms with van der Waals surface area (Å²) in [6, 6.07) is 2.83. The summed E-state index contributed by atoms with van der Waals surface area (Å²) >= 11 is 0. The van der Waals surface area contributed by atoms with E-state index in [-0.39, 0.29) is 29.7 Å². The lowest BCUT2D eigenvalue weighted by Crippen LogP contribution is -2.48. The highest BCUT2D eigenvalue weighted by atomic mass is 19.1. The Morgan fingerprint density at radius 2 is 1.91 bits per heavy atom. The van der Waals surface area contributed by atoms with Crippen molar-refractivity contribution in [1.82, 2.24) is 4.90 Å². The van der Waals surface area contributed by atoms with Crippen molar-refractivity contribution in [2.75, 3.05) is 0 Å². The standard InChI is InChI=1S/C17H18FNO4/c18-14-5-9-1-4-15(20)13(9)8-16(14)23-12-6-10-2-3-11(7-12)19(10)17(21)22/h5,8,10-12H,1-4,6-7H2,(H,21,22). The van der Waals surface area contributed by atoms with E-state index in [1.165, 1.54) is 17.0 Å². The van der Waals surface area contributed by atoms with Gasteiger partial charge in [-0.25, -0.2) is 9.18 Å². The van der Waals surface area contributed by atoms with Gasteiger partial charge < -0.3 is 14.7 Å². The van der Waals surface area contributed by atoms with Crippen LogP contribution in [0.3, 0.4) is 0 Å². The molecular formula is C17H18FNO4. The fourth-order valence-corrected chi connectivity index (χ4v) is 4.25. The molecule has 1 aliphatic carbocycles. The van der Waals surface area contributed by atoms with Gasteiger partial charge in [-0.15, -0.1) is 0 Å². The van der Waals surface area contributed by atoms with Gasteiger partial charge in [0.1, 0.15) is 6.10 Å². The third-order valence-electron chi connectivity index (χ3n) is 5.28. The number of carbonyl (C=O) groups is 2. The zero-order valence-electron chi connectivity index (χ0n) is 12.6. The highest BCUT2D eigenvalue weighted by Gasteiger charge is 2.44.